The highest BCUT2D eigenvalue weighted by atomic mass is 32.1. The van der Waals surface area contributed by atoms with Crippen LogP contribution in [0.5, 0.6) is 0 Å². The lowest BCUT2D eigenvalue weighted by molar-refractivity contribution is 0.452. The van der Waals surface area contributed by atoms with Crippen LogP contribution in [0.1, 0.15) is 0 Å². The van der Waals surface area contributed by atoms with Gasteiger partial charge in [0.2, 0.25) is 0 Å². The molecule has 0 radical (unpaired) electrons. The fourth-order valence-corrected chi connectivity index (χ4v) is 2.59. The van der Waals surface area contributed by atoms with Crippen LogP contribution in [0.15, 0.2) is 0 Å². The molecule has 4 nitrogen and oxygen atoms in total. The Morgan fingerprint density at radius 3 is 1.10 bits per heavy atom. The molecule has 0 bridgehead atoms. The molecule has 0 aliphatic carbocycles. The molecule has 0 N–H and O–H groups in total. The Morgan fingerprint density at radius 1 is 0.700 bits per heavy atom. The minimum atomic E-state index is 0.407. The molecular formula is C10H18N4S6. The second-order valence-electron chi connectivity index (χ2n) is 4.22. The molecule has 0 spiro atoms. The Kier molecular flexibility index (Phi) is 9.43. The van der Waals surface area contributed by atoms with Gasteiger partial charge < -0.3 is 19.6 Å². The number of hydrogen-bond donors (Lipinski definition) is 2. The van der Waals surface area contributed by atoms with E-state index in [1.165, 1.54) is 0 Å². The van der Waals surface area contributed by atoms with Crippen LogP contribution in [0, 0.1) is 0 Å². The van der Waals surface area contributed by atoms with Crippen molar-refractivity contribution in [2.45, 2.75) is 0 Å². The van der Waals surface area contributed by atoms with E-state index < -0.39 is 0 Å². The zero-order valence-corrected chi connectivity index (χ0v) is 16.8. The maximum atomic E-state index is 5.31. The first-order chi connectivity index (χ1) is 9.09. The first kappa shape index (κ1) is 20.3. The molecule has 0 amide bonds. The summed E-state index contributed by atoms with van der Waals surface area (Å²) in [6, 6.07) is 0. The molecule has 10 heteroatoms. The van der Waals surface area contributed by atoms with Gasteiger partial charge in [-0.05, 0) is 24.4 Å². The van der Waals surface area contributed by atoms with E-state index in [0.29, 0.717) is 32.0 Å². The highest BCUT2D eigenvalue weighted by Crippen LogP contribution is 2.06. The molecule has 0 aromatic carbocycles. The van der Waals surface area contributed by atoms with Gasteiger partial charge in [0.1, 0.15) is 8.64 Å². The zero-order valence-electron chi connectivity index (χ0n) is 11.7. The van der Waals surface area contributed by atoms with Crippen molar-refractivity contribution in [2.24, 2.45) is 0 Å². The lowest BCUT2D eigenvalue weighted by Gasteiger charge is -2.32. The Hall–Kier alpha value is 0.260. The van der Waals surface area contributed by atoms with Gasteiger partial charge in [0, 0.05) is 41.3 Å². The van der Waals surface area contributed by atoms with Crippen LogP contribution in [-0.4, -0.2) is 79.7 Å². The first-order valence-corrected chi connectivity index (χ1v) is 8.05. The average molecular weight is 387 g/mol. The maximum Gasteiger partial charge on any atom is 0.176 e. The molecule has 0 aliphatic heterocycles. The quantitative estimate of drug-likeness (QED) is 0.555. The van der Waals surface area contributed by atoms with E-state index in [-0.39, 0.29) is 0 Å². The number of rotatable bonds is 3. The number of thiol groups is 2. The van der Waals surface area contributed by atoms with Crippen LogP contribution in [0.4, 0.5) is 0 Å². The average Bonchev–Trinajstić information content (AvgIpc) is 2.31. The van der Waals surface area contributed by atoms with E-state index in [4.69, 9.17) is 48.9 Å². The SMILES string of the molecule is CN(C)C(=S)N(CCN(C(=S)S)C(=S)N(C)C)C(=S)S. The van der Waals surface area contributed by atoms with E-state index >= 15 is 0 Å². The van der Waals surface area contributed by atoms with Crippen molar-refractivity contribution < 1.29 is 0 Å². The summed E-state index contributed by atoms with van der Waals surface area (Å²) in [7, 11) is 7.42. The van der Waals surface area contributed by atoms with Gasteiger partial charge in [-0.1, -0.05) is 24.4 Å². The Balaban J connectivity index is 4.90. The molecule has 114 valence electrons. The van der Waals surface area contributed by atoms with Gasteiger partial charge in [0.05, 0.1) is 0 Å². The Labute approximate surface area is 153 Å². The molecule has 20 heavy (non-hydrogen) atoms. The van der Waals surface area contributed by atoms with Gasteiger partial charge in [-0.25, -0.2) is 0 Å². The summed E-state index contributed by atoms with van der Waals surface area (Å²) in [4.78, 5) is 7.08. The minimum absolute atomic E-state index is 0.407. The summed E-state index contributed by atoms with van der Waals surface area (Å²) < 4.78 is 0.814. The summed E-state index contributed by atoms with van der Waals surface area (Å²) >= 11 is 29.3. The van der Waals surface area contributed by atoms with Gasteiger partial charge >= 0.3 is 0 Å². The molecule has 0 aromatic heterocycles. The van der Waals surface area contributed by atoms with Crippen molar-refractivity contribution in [1.82, 2.24) is 19.6 Å². The third-order valence-electron chi connectivity index (χ3n) is 2.24. The highest BCUT2D eigenvalue weighted by Gasteiger charge is 2.19. The van der Waals surface area contributed by atoms with Crippen molar-refractivity contribution >= 4 is 93.0 Å². The second-order valence-corrected chi connectivity index (χ2v) is 7.18. The van der Waals surface area contributed by atoms with Gasteiger partial charge in [-0.15, -0.1) is 25.3 Å². The lowest BCUT2D eigenvalue weighted by atomic mass is 10.5. The summed E-state index contributed by atoms with van der Waals surface area (Å²) in [6.45, 7) is 1.04. The Morgan fingerprint density at radius 2 is 0.950 bits per heavy atom. The number of nitrogens with zero attached hydrogens (tertiary/aromatic N) is 4. The fourth-order valence-electron chi connectivity index (χ4n) is 1.23. The summed E-state index contributed by atoms with van der Waals surface area (Å²) in [6.07, 6.45) is 0. The summed E-state index contributed by atoms with van der Waals surface area (Å²) in [5.74, 6) is 0. The molecule has 0 unspecified atom stereocenters. The van der Waals surface area contributed by atoms with Crippen molar-refractivity contribution in [1.29, 1.82) is 0 Å². The van der Waals surface area contributed by atoms with Crippen molar-refractivity contribution in [3.8, 4) is 0 Å². The molecule has 0 saturated carbocycles. The predicted molar refractivity (Wildman–Crippen MR) is 109 cm³/mol. The predicted octanol–water partition coefficient (Wildman–Crippen LogP) is 1.71. The van der Waals surface area contributed by atoms with E-state index in [9.17, 15) is 0 Å². The zero-order chi connectivity index (χ0) is 16.0. The lowest BCUT2D eigenvalue weighted by Crippen LogP contribution is -2.48. The van der Waals surface area contributed by atoms with Crippen LogP contribution in [0.2, 0.25) is 0 Å². The first-order valence-electron chi connectivity index (χ1n) is 5.53. The molecule has 0 atom stereocenters. The van der Waals surface area contributed by atoms with Crippen LogP contribution in [-0.2, 0) is 0 Å². The van der Waals surface area contributed by atoms with Gasteiger partial charge in [-0.2, -0.15) is 0 Å². The summed E-state index contributed by atoms with van der Waals surface area (Å²) in [5, 5.41) is 1.18. The maximum absolute atomic E-state index is 5.31. The van der Waals surface area contributed by atoms with Gasteiger partial charge in [-0.3, -0.25) is 0 Å². The van der Waals surface area contributed by atoms with Crippen molar-refractivity contribution in [2.75, 3.05) is 41.3 Å². The smallest absolute Gasteiger partial charge is 0.176 e. The highest BCUT2D eigenvalue weighted by molar-refractivity contribution is 8.11. The monoisotopic (exact) mass is 386 g/mol. The molecule has 0 aromatic rings. The van der Waals surface area contributed by atoms with Gasteiger partial charge in [0.25, 0.3) is 0 Å². The number of thiocarbonyl (C=S) groups is 4. The Bertz CT molecular complexity index is 371. The van der Waals surface area contributed by atoms with Crippen molar-refractivity contribution in [3.63, 3.8) is 0 Å². The topological polar surface area (TPSA) is 13.0 Å². The molecular weight excluding hydrogens is 369 g/mol. The number of hydrogen-bond acceptors (Lipinski definition) is 4. The summed E-state index contributed by atoms with van der Waals surface area (Å²) in [5.41, 5.74) is 0. The largest absolute Gasteiger partial charge is 0.355 e. The van der Waals surface area contributed by atoms with Crippen LogP contribution in [0.25, 0.3) is 0 Å². The third kappa shape index (κ3) is 6.35. The van der Waals surface area contributed by atoms with E-state index in [1.807, 2.05) is 28.2 Å². The normalized spacial score (nSPS) is 9.70. The molecule has 0 rings (SSSR count). The van der Waals surface area contributed by atoms with E-state index in [1.54, 1.807) is 19.6 Å². The molecule has 0 heterocycles. The van der Waals surface area contributed by atoms with Crippen molar-refractivity contribution in [3.05, 3.63) is 0 Å². The molecule has 0 saturated heterocycles. The van der Waals surface area contributed by atoms with Crippen LogP contribution in [0.3, 0.4) is 0 Å². The van der Waals surface area contributed by atoms with E-state index in [0.717, 1.165) is 0 Å². The van der Waals surface area contributed by atoms with Crippen LogP contribution < -0.4 is 0 Å². The third-order valence-corrected chi connectivity index (χ3v) is 4.33. The minimum Gasteiger partial charge on any atom is -0.355 e. The molecule has 0 fully saturated rings. The van der Waals surface area contributed by atoms with Crippen LogP contribution >= 0.6 is 74.1 Å². The molecule has 0 aliphatic rings. The standard InChI is InChI=1S/C10H18N4S6/c1-11(2)7(15)13(9(17)18)5-6-14(10(19)20)8(16)12(3)4/h5-6H2,1-4H3,(H,17,18)(H,19,20). The fraction of sp³-hybridized carbons (Fsp3) is 0.600. The van der Waals surface area contributed by atoms with E-state index in [2.05, 4.69) is 25.3 Å². The second kappa shape index (κ2) is 9.31. The van der Waals surface area contributed by atoms with Gasteiger partial charge in [0.15, 0.2) is 10.2 Å².